The van der Waals surface area contributed by atoms with Gasteiger partial charge in [0.25, 0.3) is 0 Å². The van der Waals surface area contributed by atoms with Crippen LogP contribution >= 0.6 is 11.3 Å². The molecule has 6 nitrogen and oxygen atoms in total. The Morgan fingerprint density at radius 1 is 1.35 bits per heavy atom. The number of benzene rings is 1. The van der Waals surface area contributed by atoms with Crippen molar-refractivity contribution in [2.24, 2.45) is 11.7 Å². The average Bonchev–Trinajstić information content (AvgIpc) is 3.05. The first-order valence-corrected chi connectivity index (χ1v) is 9.92. The van der Waals surface area contributed by atoms with Crippen molar-refractivity contribution in [2.75, 3.05) is 11.9 Å². The summed E-state index contributed by atoms with van der Waals surface area (Å²) in [4.78, 5) is 12.3. The Bertz CT molecular complexity index is 762. The van der Waals surface area contributed by atoms with E-state index < -0.39 is 0 Å². The number of carbonyl (C=O) groups excluding carboxylic acids is 1. The lowest BCUT2D eigenvalue weighted by Gasteiger charge is -2.25. The van der Waals surface area contributed by atoms with Crippen LogP contribution in [0.3, 0.4) is 0 Å². The number of anilines is 1. The summed E-state index contributed by atoms with van der Waals surface area (Å²) in [5, 5.41) is 12.5. The molecule has 1 fully saturated rings. The first-order valence-electron chi connectivity index (χ1n) is 9.10. The van der Waals surface area contributed by atoms with Crippen LogP contribution in [0.25, 0.3) is 0 Å². The van der Waals surface area contributed by atoms with E-state index in [1.165, 1.54) is 16.9 Å². The summed E-state index contributed by atoms with van der Waals surface area (Å²) in [5.41, 5.74) is 8.26. The van der Waals surface area contributed by atoms with Crippen molar-refractivity contribution in [1.82, 2.24) is 10.2 Å². The molecule has 1 heterocycles. The molecule has 1 saturated carbocycles. The molecule has 1 aliphatic rings. The van der Waals surface area contributed by atoms with E-state index in [9.17, 15) is 4.79 Å². The summed E-state index contributed by atoms with van der Waals surface area (Å²) in [7, 11) is 0. The molecule has 0 unspecified atom stereocenters. The van der Waals surface area contributed by atoms with Crippen LogP contribution in [-0.2, 0) is 11.2 Å². The zero-order valence-electron chi connectivity index (χ0n) is 15.3. The third-order valence-electron chi connectivity index (χ3n) is 4.70. The van der Waals surface area contributed by atoms with Gasteiger partial charge in [-0.1, -0.05) is 29.9 Å². The number of ether oxygens (including phenoxy) is 1. The third-order valence-corrected chi connectivity index (χ3v) is 5.60. The molecule has 26 heavy (non-hydrogen) atoms. The second kappa shape index (κ2) is 8.60. The number of amides is 1. The van der Waals surface area contributed by atoms with Gasteiger partial charge in [0.2, 0.25) is 11.0 Å². The second-order valence-corrected chi connectivity index (χ2v) is 8.04. The van der Waals surface area contributed by atoms with Gasteiger partial charge in [-0.15, -0.1) is 10.2 Å². The maximum Gasteiger partial charge on any atom is 0.229 e. The zero-order valence-corrected chi connectivity index (χ0v) is 16.1. The number of aromatic nitrogens is 2. The maximum atomic E-state index is 12.3. The Hall–Kier alpha value is -1.99. The van der Waals surface area contributed by atoms with E-state index in [0.29, 0.717) is 18.2 Å². The van der Waals surface area contributed by atoms with Crippen LogP contribution < -0.4 is 15.8 Å². The topological polar surface area (TPSA) is 90.1 Å². The molecule has 3 rings (SSSR count). The minimum absolute atomic E-state index is 0.00878. The predicted molar refractivity (Wildman–Crippen MR) is 104 cm³/mol. The molecule has 0 spiro atoms. The normalized spacial score (nSPS) is 20.0. The Morgan fingerprint density at radius 3 is 3.00 bits per heavy atom. The quantitative estimate of drug-likeness (QED) is 0.810. The van der Waals surface area contributed by atoms with Gasteiger partial charge in [0.15, 0.2) is 0 Å². The van der Waals surface area contributed by atoms with Crippen molar-refractivity contribution in [1.29, 1.82) is 0 Å². The summed E-state index contributed by atoms with van der Waals surface area (Å²) >= 11 is 1.40. The molecular formula is C19H26N4O2S. The molecular weight excluding hydrogens is 348 g/mol. The summed E-state index contributed by atoms with van der Waals surface area (Å²) in [5.74, 6) is 0.893. The highest BCUT2D eigenvalue weighted by atomic mass is 32.1. The van der Waals surface area contributed by atoms with Crippen LogP contribution in [0, 0.1) is 19.8 Å². The van der Waals surface area contributed by atoms with Crippen molar-refractivity contribution >= 4 is 22.4 Å². The molecule has 2 aromatic rings. The highest BCUT2D eigenvalue weighted by Gasteiger charge is 2.26. The predicted octanol–water partition coefficient (Wildman–Crippen LogP) is 3.23. The molecule has 2 atom stereocenters. The Balaban J connectivity index is 1.48. The van der Waals surface area contributed by atoms with Crippen LogP contribution in [0.2, 0.25) is 0 Å². The van der Waals surface area contributed by atoms with Gasteiger partial charge in [-0.3, -0.25) is 4.79 Å². The number of nitrogens with one attached hydrogen (secondary N) is 1. The van der Waals surface area contributed by atoms with Gasteiger partial charge in [-0.25, -0.2) is 0 Å². The molecule has 3 N–H and O–H groups in total. The average molecular weight is 375 g/mol. The molecule has 0 radical (unpaired) electrons. The molecule has 0 aliphatic heterocycles. The van der Waals surface area contributed by atoms with Crippen LogP contribution in [0.4, 0.5) is 5.13 Å². The summed E-state index contributed by atoms with van der Waals surface area (Å²) < 4.78 is 5.86. The molecule has 1 aliphatic carbocycles. The Kier molecular flexibility index (Phi) is 6.21. The summed E-state index contributed by atoms with van der Waals surface area (Å²) in [6.45, 7) is 4.61. The highest BCUT2D eigenvalue weighted by Crippen LogP contribution is 2.25. The standard InChI is InChI=1S/C19H26N4O2S/c1-12-6-7-13(2)16(10-12)25-9-8-17-22-23-19(26-17)21-18(24)14-4-3-5-15(20)11-14/h6-7,10,14-15H,3-5,8-9,11,20H2,1-2H3,(H,21,23,24)/t14-,15+/m1/s1. The fourth-order valence-corrected chi connectivity index (χ4v) is 3.91. The summed E-state index contributed by atoms with van der Waals surface area (Å²) in [6, 6.07) is 6.30. The van der Waals surface area contributed by atoms with E-state index >= 15 is 0 Å². The van der Waals surface area contributed by atoms with Gasteiger partial charge in [-0.2, -0.15) is 0 Å². The van der Waals surface area contributed by atoms with E-state index in [1.807, 2.05) is 19.9 Å². The molecule has 0 saturated heterocycles. The Labute approximate surface area is 158 Å². The van der Waals surface area contributed by atoms with Crippen molar-refractivity contribution in [3.8, 4) is 5.75 Å². The molecule has 1 aromatic heterocycles. The first kappa shape index (κ1) is 18.8. The number of nitrogens with two attached hydrogens (primary N) is 1. The number of carbonyl (C=O) groups is 1. The fraction of sp³-hybridized carbons (Fsp3) is 0.526. The van der Waals surface area contributed by atoms with Gasteiger partial charge >= 0.3 is 0 Å². The van der Waals surface area contributed by atoms with E-state index in [2.05, 4.69) is 27.6 Å². The van der Waals surface area contributed by atoms with Gasteiger partial charge < -0.3 is 15.8 Å². The van der Waals surface area contributed by atoms with Crippen molar-refractivity contribution in [3.05, 3.63) is 34.3 Å². The smallest absolute Gasteiger partial charge is 0.229 e. The van der Waals surface area contributed by atoms with Crippen LogP contribution in [0.5, 0.6) is 5.75 Å². The minimum atomic E-state index is -0.0151. The molecule has 140 valence electrons. The van der Waals surface area contributed by atoms with Crippen LogP contribution in [0.1, 0.15) is 41.8 Å². The number of rotatable bonds is 6. The van der Waals surface area contributed by atoms with Gasteiger partial charge in [-0.05, 0) is 50.3 Å². The molecule has 1 amide bonds. The first-order chi connectivity index (χ1) is 12.5. The number of nitrogens with zero attached hydrogens (tertiary/aromatic N) is 2. The molecule has 0 bridgehead atoms. The van der Waals surface area contributed by atoms with Gasteiger partial charge in [0, 0.05) is 18.4 Å². The fourth-order valence-electron chi connectivity index (χ4n) is 3.19. The van der Waals surface area contributed by atoms with Crippen LogP contribution in [0.15, 0.2) is 18.2 Å². The van der Waals surface area contributed by atoms with E-state index in [-0.39, 0.29) is 17.9 Å². The van der Waals surface area contributed by atoms with Gasteiger partial charge in [0.1, 0.15) is 10.8 Å². The second-order valence-electron chi connectivity index (χ2n) is 6.98. The lowest BCUT2D eigenvalue weighted by molar-refractivity contribution is -0.120. The van der Waals surface area contributed by atoms with E-state index in [0.717, 1.165) is 42.0 Å². The number of hydrogen-bond acceptors (Lipinski definition) is 6. The lowest BCUT2D eigenvalue weighted by atomic mass is 9.86. The minimum Gasteiger partial charge on any atom is -0.493 e. The molecule has 7 heteroatoms. The largest absolute Gasteiger partial charge is 0.493 e. The highest BCUT2D eigenvalue weighted by molar-refractivity contribution is 7.15. The maximum absolute atomic E-state index is 12.3. The van der Waals surface area contributed by atoms with Crippen LogP contribution in [-0.4, -0.2) is 28.8 Å². The third kappa shape index (κ3) is 5.02. The summed E-state index contributed by atoms with van der Waals surface area (Å²) in [6.07, 6.45) is 4.33. The van der Waals surface area contributed by atoms with Crippen molar-refractivity contribution in [3.63, 3.8) is 0 Å². The lowest BCUT2D eigenvalue weighted by Crippen LogP contribution is -2.34. The van der Waals surface area contributed by atoms with Crippen molar-refractivity contribution in [2.45, 2.75) is 52.0 Å². The number of hydrogen-bond donors (Lipinski definition) is 2. The zero-order chi connectivity index (χ0) is 18.5. The number of aryl methyl sites for hydroxylation is 2. The van der Waals surface area contributed by atoms with Crippen molar-refractivity contribution < 1.29 is 9.53 Å². The van der Waals surface area contributed by atoms with E-state index in [4.69, 9.17) is 10.5 Å². The Morgan fingerprint density at radius 2 is 2.19 bits per heavy atom. The SMILES string of the molecule is Cc1ccc(C)c(OCCc2nnc(NC(=O)[C@@H]3CCC[C@H](N)C3)s2)c1. The van der Waals surface area contributed by atoms with Gasteiger partial charge in [0.05, 0.1) is 6.61 Å². The monoisotopic (exact) mass is 374 g/mol. The molecule has 1 aromatic carbocycles. The van der Waals surface area contributed by atoms with E-state index in [1.54, 1.807) is 0 Å².